The summed E-state index contributed by atoms with van der Waals surface area (Å²) in [4.78, 5) is 31.4. The number of H-pyrrole nitrogens is 2. The zero-order chi connectivity index (χ0) is 30.8. The fraction of sp³-hybridized carbons (Fsp3) is 0.242. The van der Waals surface area contributed by atoms with Crippen LogP contribution < -0.4 is 10.6 Å². The Morgan fingerprint density at radius 1 is 0.932 bits per heavy atom. The van der Waals surface area contributed by atoms with Crippen LogP contribution in [0.25, 0.3) is 55.7 Å². The number of hydrogen-bond donors (Lipinski definition) is 4. The molecule has 11 heteroatoms. The minimum Gasteiger partial charge on any atom is -0.384 e. The molecule has 0 aliphatic rings. The number of carbonyl (C=O) groups excluding carboxylic acids is 1. The number of fused-ring (bicyclic) bond motifs is 2. The van der Waals surface area contributed by atoms with Gasteiger partial charge in [0.1, 0.15) is 11.5 Å². The molecule has 0 spiro atoms. The van der Waals surface area contributed by atoms with E-state index in [1.165, 1.54) is 12.1 Å². The monoisotopic (exact) mass is 591 g/mol. The van der Waals surface area contributed by atoms with Crippen molar-refractivity contribution in [2.24, 2.45) is 5.92 Å². The van der Waals surface area contributed by atoms with Crippen LogP contribution in [-0.4, -0.2) is 68.1 Å². The summed E-state index contributed by atoms with van der Waals surface area (Å²) >= 11 is 0. The van der Waals surface area contributed by atoms with Crippen molar-refractivity contribution in [1.82, 2.24) is 35.0 Å². The highest BCUT2D eigenvalue weighted by Gasteiger charge is 2.17. The van der Waals surface area contributed by atoms with Crippen molar-refractivity contribution in [1.29, 1.82) is 0 Å². The van der Waals surface area contributed by atoms with Crippen LogP contribution in [0.3, 0.4) is 0 Å². The van der Waals surface area contributed by atoms with Crippen molar-refractivity contribution in [2.45, 2.75) is 20.3 Å². The lowest BCUT2D eigenvalue weighted by Crippen LogP contribution is -2.20. The van der Waals surface area contributed by atoms with Crippen LogP contribution in [0.2, 0.25) is 0 Å². The second-order valence-corrected chi connectivity index (χ2v) is 11.6. The molecule has 5 heterocycles. The molecule has 224 valence electrons. The summed E-state index contributed by atoms with van der Waals surface area (Å²) in [5.74, 6) is -0.123. The van der Waals surface area contributed by atoms with E-state index in [2.05, 4.69) is 45.7 Å². The lowest BCUT2D eigenvalue weighted by atomic mass is 10.1. The number of halogens is 1. The van der Waals surface area contributed by atoms with Crippen LogP contribution in [0.4, 0.5) is 15.8 Å². The van der Waals surface area contributed by atoms with Gasteiger partial charge < -0.3 is 20.5 Å². The maximum absolute atomic E-state index is 14.7. The Bertz CT molecular complexity index is 1960. The second-order valence-electron chi connectivity index (χ2n) is 11.6. The molecule has 0 fully saturated rings. The molecule has 4 N–H and O–H groups in total. The quantitative estimate of drug-likeness (QED) is 0.147. The lowest BCUT2D eigenvalue weighted by Gasteiger charge is -2.12. The third kappa shape index (κ3) is 6.28. The van der Waals surface area contributed by atoms with Crippen molar-refractivity contribution in [3.05, 3.63) is 73.1 Å². The largest absolute Gasteiger partial charge is 0.384 e. The summed E-state index contributed by atoms with van der Waals surface area (Å²) in [6.45, 7) is 5.53. The van der Waals surface area contributed by atoms with Gasteiger partial charge in [0, 0.05) is 76.8 Å². The van der Waals surface area contributed by atoms with Crippen LogP contribution in [0, 0.1) is 11.7 Å². The molecule has 6 rings (SSSR count). The van der Waals surface area contributed by atoms with Gasteiger partial charge in [-0.25, -0.2) is 9.37 Å². The van der Waals surface area contributed by atoms with Crippen molar-refractivity contribution in [3.8, 4) is 33.8 Å². The van der Waals surface area contributed by atoms with Crippen LogP contribution in [0.1, 0.15) is 20.3 Å². The minimum absolute atomic E-state index is 0.0487. The first kappa shape index (κ1) is 28.9. The van der Waals surface area contributed by atoms with Crippen molar-refractivity contribution < 1.29 is 9.18 Å². The number of aromatic nitrogens is 6. The van der Waals surface area contributed by atoms with Crippen LogP contribution >= 0.6 is 0 Å². The molecule has 5 aromatic heterocycles. The van der Waals surface area contributed by atoms with E-state index in [0.29, 0.717) is 46.9 Å². The number of hydrogen-bond acceptors (Lipinski definition) is 7. The molecule has 0 aliphatic carbocycles. The number of nitrogens with one attached hydrogen (secondary N) is 4. The average Bonchev–Trinajstić information content (AvgIpc) is 3.60. The van der Waals surface area contributed by atoms with Crippen molar-refractivity contribution >= 4 is 39.2 Å². The third-order valence-electron chi connectivity index (χ3n) is 7.23. The molecule has 44 heavy (non-hydrogen) atoms. The molecule has 1 aromatic carbocycles. The van der Waals surface area contributed by atoms with Crippen LogP contribution in [-0.2, 0) is 4.79 Å². The van der Waals surface area contributed by atoms with Gasteiger partial charge in [0.2, 0.25) is 5.91 Å². The Labute approximate surface area is 254 Å². The minimum atomic E-state index is -0.334. The summed E-state index contributed by atoms with van der Waals surface area (Å²) in [5, 5.41) is 15.5. The average molecular weight is 592 g/mol. The van der Waals surface area contributed by atoms with E-state index >= 15 is 0 Å². The predicted octanol–water partition coefficient (Wildman–Crippen LogP) is 6.33. The Morgan fingerprint density at radius 2 is 1.75 bits per heavy atom. The summed E-state index contributed by atoms with van der Waals surface area (Å²) in [6.07, 6.45) is 7.28. The van der Waals surface area contributed by atoms with E-state index in [0.717, 1.165) is 39.7 Å². The smallest absolute Gasteiger partial charge is 0.224 e. The van der Waals surface area contributed by atoms with Crippen LogP contribution in [0.5, 0.6) is 0 Å². The standard InChI is InChI=1S/C33H34FN9O/c1-19(2)9-30(44)39-25-12-21(16-35-18-25)22-13-27-32(41-42-33(27)38-17-22)29-15-26-28(40-29)5-6-37-31(26)20-10-23(34)14-24(11-20)36-7-8-43(3)4/h5-6,10-19,36,40H,7-9H2,1-4H3,(H,39,44)(H,38,41,42). The van der Waals surface area contributed by atoms with Gasteiger partial charge in [0.05, 0.1) is 23.3 Å². The highest BCUT2D eigenvalue weighted by atomic mass is 19.1. The first-order valence-corrected chi connectivity index (χ1v) is 14.5. The number of likely N-dealkylation sites (N-methyl/N-ethyl adjacent to an activating group) is 1. The molecule has 0 bridgehead atoms. The molecule has 0 saturated carbocycles. The first-order valence-electron chi connectivity index (χ1n) is 14.5. The zero-order valence-electron chi connectivity index (χ0n) is 25.1. The zero-order valence-corrected chi connectivity index (χ0v) is 25.1. The lowest BCUT2D eigenvalue weighted by molar-refractivity contribution is -0.116. The molecule has 1 amide bonds. The molecule has 6 aromatic rings. The van der Waals surface area contributed by atoms with Gasteiger partial charge >= 0.3 is 0 Å². The van der Waals surface area contributed by atoms with Crippen molar-refractivity contribution in [3.63, 3.8) is 0 Å². The number of nitrogens with zero attached hydrogens (tertiary/aromatic N) is 5. The maximum Gasteiger partial charge on any atom is 0.224 e. The molecule has 0 saturated heterocycles. The van der Waals surface area contributed by atoms with Gasteiger partial charge in [-0.2, -0.15) is 5.10 Å². The fourth-order valence-corrected chi connectivity index (χ4v) is 5.18. The van der Waals surface area contributed by atoms with Gasteiger partial charge in [-0.05, 0) is 62.5 Å². The molecular formula is C33H34FN9O. The summed E-state index contributed by atoms with van der Waals surface area (Å²) in [5.41, 5.74) is 7.27. The number of pyridine rings is 3. The molecular weight excluding hydrogens is 557 g/mol. The summed E-state index contributed by atoms with van der Waals surface area (Å²) < 4.78 is 14.7. The van der Waals surface area contributed by atoms with Gasteiger partial charge in [0.25, 0.3) is 0 Å². The number of amides is 1. The number of rotatable bonds is 10. The van der Waals surface area contributed by atoms with Gasteiger partial charge in [-0.3, -0.25) is 19.9 Å². The van der Waals surface area contributed by atoms with Gasteiger partial charge in [-0.1, -0.05) is 13.8 Å². The summed E-state index contributed by atoms with van der Waals surface area (Å²) in [7, 11) is 3.99. The van der Waals surface area contributed by atoms with E-state index < -0.39 is 0 Å². The normalized spacial score (nSPS) is 11.6. The molecule has 0 radical (unpaired) electrons. The van der Waals surface area contributed by atoms with E-state index in [1.807, 2.05) is 58.3 Å². The molecule has 0 aliphatic heterocycles. The third-order valence-corrected chi connectivity index (χ3v) is 7.23. The number of carbonyl (C=O) groups is 1. The maximum atomic E-state index is 14.7. The summed E-state index contributed by atoms with van der Waals surface area (Å²) in [6, 6.07) is 12.7. The highest BCUT2D eigenvalue weighted by molar-refractivity contribution is 6.00. The molecule has 0 atom stereocenters. The number of aromatic amines is 2. The van der Waals surface area contributed by atoms with E-state index in [9.17, 15) is 9.18 Å². The Hall–Kier alpha value is -5.16. The molecule has 10 nitrogen and oxygen atoms in total. The molecule has 0 unspecified atom stereocenters. The van der Waals surface area contributed by atoms with Crippen LogP contribution in [0.15, 0.2) is 67.3 Å². The van der Waals surface area contributed by atoms with E-state index in [-0.39, 0.29) is 17.6 Å². The Balaban J connectivity index is 1.33. The second kappa shape index (κ2) is 12.2. The fourth-order valence-electron chi connectivity index (χ4n) is 5.18. The van der Waals surface area contributed by atoms with E-state index in [1.54, 1.807) is 24.8 Å². The van der Waals surface area contributed by atoms with Gasteiger partial charge in [0.15, 0.2) is 5.65 Å². The van der Waals surface area contributed by atoms with Gasteiger partial charge in [-0.15, -0.1) is 0 Å². The first-order chi connectivity index (χ1) is 21.2. The predicted molar refractivity (Wildman–Crippen MR) is 173 cm³/mol. The Kier molecular flexibility index (Phi) is 8.03. The number of benzene rings is 1. The van der Waals surface area contributed by atoms with Crippen molar-refractivity contribution in [2.75, 3.05) is 37.8 Å². The van der Waals surface area contributed by atoms with E-state index in [4.69, 9.17) is 0 Å². The number of anilines is 2. The Morgan fingerprint density at radius 3 is 2.57 bits per heavy atom. The topological polar surface area (TPSA) is 128 Å². The SMILES string of the molecule is CC(C)CC(=O)Nc1cncc(-c2cnc3[nH]nc(-c4cc5c(-c6cc(F)cc(NCCN(C)C)c6)nccc5[nH]4)c3c2)c1. The highest BCUT2D eigenvalue weighted by Crippen LogP contribution is 2.35.